The molecule has 0 fully saturated rings. The number of nitrogens with two attached hydrogens (primary N) is 1. The van der Waals surface area contributed by atoms with E-state index in [1.54, 1.807) is 18.0 Å². The van der Waals surface area contributed by atoms with Gasteiger partial charge in [0.05, 0.1) is 31.1 Å². The number of methoxy groups -OCH3 is 1. The molecule has 0 aliphatic heterocycles. The van der Waals surface area contributed by atoms with Gasteiger partial charge in [0, 0.05) is 12.1 Å². The number of ether oxygens (including phenoxy) is 1. The highest BCUT2D eigenvalue weighted by Crippen LogP contribution is 2.11. The van der Waals surface area contributed by atoms with E-state index in [1.165, 1.54) is 0 Å². The van der Waals surface area contributed by atoms with Crippen LogP contribution in [0.1, 0.15) is 11.7 Å². The van der Waals surface area contributed by atoms with Gasteiger partial charge in [-0.2, -0.15) is 0 Å². The first kappa shape index (κ1) is 11.2. The fraction of sp³-hybridized carbons (Fsp3) is 0.500. The Balaban J connectivity index is 2.75. The zero-order valence-corrected chi connectivity index (χ0v) is 8.74. The van der Waals surface area contributed by atoms with Crippen molar-refractivity contribution in [3.63, 3.8) is 0 Å². The van der Waals surface area contributed by atoms with Gasteiger partial charge in [-0.1, -0.05) is 23.4 Å². The van der Waals surface area contributed by atoms with Gasteiger partial charge >= 0.3 is 0 Å². The lowest BCUT2D eigenvalue weighted by Gasteiger charge is -2.11. The summed E-state index contributed by atoms with van der Waals surface area (Å²) in [4.78, 5) is 0. The third kappa shape index (κ3) is 2.80. The third-order valence-corrected chi connectivity index (χ3v) is 1.81. The van der Waals surface area contributed by atoms with Crippen LogP contribution in [0.15, 0.2) is 17.8 Å². The van der Waals surface area contributed by atoms with Crippen molar-refractivity contribution < 1.29 is 4.74 Å². The molecular weight excluding hydrogens is 204 g/mol. The van der Waals surface area contributed by atoms with E-state index in [0.717, 1.165) is 5.69 Å². The van der Waals surface area contributed by atoms with Crippen molar-refractivity contribution in [3.05, 3.63) is 23.5 Å². The smallest absolute Gasteiger partial charge is 0.0782 e. The molecule has 1 rings (SSSR count). The van der Waals surface area contributed by atoms with E-state index in [1.807, 2.05) is 0 Å². The molecule has 78 valence electrons. The summed E-state index contributed by atoms with van der Waals surface area (Å²) in [6.45, 7) is 4.41. The van der Waals surface area contributed by atoms with Crippen LogP contribution in [0.2, 0.25) is 0 Å². The first-order valence-electron chi connectivity index (χ1n) is 4.11. The molecule has 5 nitrogen and oxygen atoms in total. The lowest BCUT2D eigenvalue weighted by molar-refractivity contribution is 0.178. The number of aromatic nitrogens is 3. The number of rotatable bonds is 5. The molecule has 0 aliphatic carbocycles. The van der Waals surface area contributed by atoms with Crippen LogP contribution in [0.4, 0.5) is 0 Å². The summed E-state index contributed by atoms with van der Waals surface area (Å²) < 4.78 is 6.55. The molecule has 0 bridgehead atoms. The molecule has 0 saturated carbocycles. The van der Waals surface area contributed by atoms with Crippen molar-refractivity contribution in [1.82, 2.24) is 15.0 Å². The number of hydrogen-bond donors (Lipinski definition) is 1. The molecule has 0 aliphatic rings. The molecule has 1 aromatic heterocycles. The average Bonchev–Trinajstić information content (AvgIpc) is 2.51. The van der Waals surface area contributed by atoms with Crippen LogP contribution in [0.3, 0.4) is 0 Å². The van der Waals surface area contributed by atoms with Crippen molar-refractivity contribution in [2.75, 3.05) is 13.7 Å². The number of halogens is 1. The zero-order valence-electron chi connectivity index (χ0n) is 7.98. The molecule has 1 atom stereocenters. The Morgan fingerprint density at radius 1 is 1.86 bits per heavy atom. The van der Waals surface area contributed by atoms with Crippen molar-refractivity contribution in [3.8, 4) is 0 Å². The highest BCUT2D eigenvalue weighted by molar-refractivity contribution is 6.29. The predicted molar refractivity (Wildman–Crippen MR) is 53.8 cm³/mol. The van der Waals surface area contributed by atoms with Gasteiger partial charge in [-0.3, -0.25) is 0 Å². The molecule has 1 aromatic rings. The molecule has 2 N–H and O–H groups in total. The van der Waals surface area contributed by atoms with Crippen LogP contribution >= 0.6 is 11.6 Å². The second-order valence-corrected chi connectivity index (χ2v) is 3.43. The Hall–Kier alpha value is -0.910. The van der Waals surface area contributed by atoms with Gasteiger partial charge < -0.3 is 10.5 Å². The van der Waals surface area contributed by atoms with Gasteiger partial charge in [0.25, 0.3) is 0 Å². The monoisotopic (exact) mass is 216 g/mol. The van der Waals surface area contributed by atoms with Gasteiger partial charge in [-0.05, 0) is 0 Å². The van der Waals surface area contributed by atoms with Gasteiger partial charge in [0.15, 0.2) is 0 Å². The summed E-state index contributed by atoms with van der Waals surface area (Å²) in [7, 11) is 1.59. The molecule has 1 heterocycles. The molecule has 0 unspecified atom stereocenters. The van der Waals surface area contributed by atoms with E-state index in [4.69, 9.17) is 22.1 Å². The van der Waals surface area contributed by atoms with E-state index in [-0.39, 0.29) is 6.04 Å². The number of hydrogen-bond acceptors (Lipinski definition) is 4. The van der Waals surface area contributed by atoms with E-state index < -0.39 is 0 Å². The minimum atomic E-state index is -0.244. The van der Waals surface area contributed by atoms with E-state index >= 15 is 0 Å². The lowest BCUT2D eigenvalue weighted by Crippen LogP contribution is -2.20. The van der Waals surface area contributed by atoms with E-state index in [9.17, 15) is 0 Å². The molecule has 0 spiro atoms. The first-order chi connectivity index (χ1) is 6.65. The summed E-state index contributed by atoms with van der Waals surface area (Å²) in [5, 5.41) is 8.09. The SMILES string of the molecule is C=C(Cl)Cn1nncc1[C@@H](N)COC. The maximum absolute atomic E-state index is 5.83. The van der Waals surface area contributed by atoms with Gasteiger partial charge in [0.2, 0.25) is 0 Å². The summed E-state index contributed by atoms with van der Waals surface area (Å²) in [6, 6.07) is -0.244. The molecular formula is C8H13ClN4O. The van der Waals surface area contributed by atoms with Crippen molar-refractivity contribution in [1.29, 1.82) is 0 Å². The Morgan fingerprint density at radius 3 is 3.14 bits per heavy atom. The van der Waals surface area contributed by atoms with Crippen LogP contribution in [0.5, 0.6) is 0 Å². The van der Waals surface area contributed by atoms with Crippen LogP contribution in [-0.2, 0) is 11.3 Å². The number of allylic oxidation sites excluding steroid dienone is 1. The predicted octanol–water partition coefficient (Wildman–Crippen LogP) is 0.677. The van der Waals surface area contributed by atoms with Crippen molar-refractivity contribution >= 4 is 11.6 Å². The average molecular weight is 217 g/mol. The molecule has 0 saturated heterocycles. The summed E-state index contributed by atoms with van der Waals surface area (Å²) in [5.41, 5.74) is 6.61. The van der Waals surface area contributed by atoms with E-state index in [0.29, 0.717) is 18.2 Å². The summed E-state index contributed by atoms with van der Waals surface area (Å²) in [6.07, 6.45) is 1.60. The first-order valence-corrected chi connectivity index (χ1v) is 4.49. The summed E-state index contributed by atoms with van der Waals surface area (Å²) >= 11 is 5.67. The van der Waals surface area contributed by atoms with E-state index in [2.05, 4.69) is 16.9 Å². The zero-order chi connectivity index (χ0) is 10.6. The van der Waals surface area contributed by atoms with Gasteiger partial charge in [0.1, 0.15) is 0 Å². The normalized spacial score (nSPS) is 12.8. The Bertz CT molecular complexity index is 312. The maximum Gasteiger partial charge on any atom is 0.0782 e. The second-order valence-electron chi connectivity index (χ2n) is 2.90. The second kappa shape index (κ2) is 5.09. The fourth-order valence-corrected chi connectivity index (χ4v) is 1.22. The Labute approximate surface area is 87.5 Å². The number of nitrogens with zero attached hydrogens (tertiary/aromatic N) is 3. The van der Waals surface area contributed by atoms with Gasteiger partial charge in [-0.15, -0.1) is 5.10 Å². The minimum Gasteiger partial charge on any atom is -0.383 e. The van der Waals surface area contributed by atoms with Crippen molar-refractivity contribution in [2.24, 2.45) is 5.73 Å². The summed E-state index contributed by atoms with van der Waals surface area (Å²) in [5.74, 6) is 0. The van der Waals surface area contributed by atoms with Crippen molar-refractivity contribution in [2.45, 2.75) is 12.6 Å². The highest BCUT2D eigenvalue weighted by Gasteiger charge is 2.12. The topological polar surface area (TPSA) is 66.0 Å². The molecule has 14 heavy (non-hydrogen) atoms. The molecule has 6 heteroatoms. The minimum absolute atomic E-state index is 0.244. The highest BCUT2D eigenvalue weighted by atomic mass is 35.5. The largest absolute Gasteiger partial charge is 0.383 e. The molecule has 0 radical (unpaired) electrons. The fourth-order valence-electron chi connectivity index (χ4n) is 1.10. The maximum atomic E-state index is 5.83. The van der Waals surface area contributed by atoms with Gasteiger partial charge in [-0.25, -0.2) is 4.68 Å². The lowest BCUT2D eigenvalue weighted by atomic mass is 10.2. The quantitative estimate of drug-likeness (QED) is 0.786. The Morgan fingerprint density at radius 2 is 2.57 bits per heavy atom. The molecule has 0 amide bonds. The van der Waals surface area contributed by atoms with Crippen LogP contribution < -0.4 is 5.73 Å². The third-order valence-electron chi connectivity index (χ3n) is 1.70. The Kier molecular flexibility index (Phi) is 4.06. The van der Waals surface area contributed by atoms with Crippen LogP contribution in [0.25, 0.3) is 0 Å². The van der Waals surface area contributed by atoms with Crippen LogP contribution in [0, 0.1) is 0 Å². The van der Waals surface area contributed by atoms with Crippen LogP contribution in [-0.4, -0.2) is 28.7 Å². The standard InChI is InChI=1S/C8H13ClN4O/c1-6(9)4-13-8(3-11-12-13)7(10)5-14-2/h3,7H,1,4-5,10H2,2H3/t7-/m0/s1. The molecule has 0 aromatic carbocycles.